The van der Waals surface area contributed by atoms with Gasteiger partial charge < -0.3 is 0 Å². The Hall–Kier alpha value is -5.04. The van der Waals surface area contributed by atoms with E-state index in [2.05, 4.69) is 102 Å². The van der Waals surface area contributed by atoms with Crippen molar-refractivity contribution in [3.63, 3.8) is 0 Å². The van der Waals surface area contributed by atoms with Crippen LogP contribution in [0.25, 0.3) is 64.8 Å². The van der Waals surface area contributed by atoms with E-state index in [1.165, 1.54) is 31.3 Å². The summed E-state index contributed by atoms with van der Waals surface area (Å²) in [4.78, 5) is 4.68. The van der Waals surface area contributed by atoms with Crippen molar-refractivity contribution in [1.29, 1.82) is 5.26 Å². The van der Waals surface area contributed by atoms with Gasteiger partial charge in [0.15, 0.2) is 0 Å². The maximum Gasteiger partial charge on any atom is 0.0998 e. The predicted octanol–water partition coefficient (Wildman–Crippen LogP) is 9.99. The molecular weight excluding hydrogens is 492 g/mol. The van der Waals surface area contributed by atoms with Gasteiger partial charge in [0.2, 0.25) is 0 Å². The topological polar surface area (TPSA) is 36.7 Å². The average Bonchev–Trinajstić information content (AvgIpc) is 3.41. The molecule has 3 heteroatoms. The molecule has 0 amide bonds. The third kappa shape index (κ3) is 4.08. The number of pyridine rings is 1. The summed E-state index contributed by atoms with van der Waals surface area (Å²) in [5.41, 5.74) is 9.15. The number of hydrogen-bond donors (Lipinski definition) is 0. The Labute approximate surface area is 231 Å². The predicted molar refractivity (Wildman–Crippen MR) is 164 cm³/mol. The average molecular weight is 515 g/mol. The van der Waals surface area contributed by atoms with Crippen molar-refractivity contribution < 1.29 is 0 Å². The second kappa shape index (κ2) is 9.68. The van der Waals surface area contributed by atoms with Crippen LogP contribution in [0.5, 0.6) is 0 Å². The SMILES string of the molecule is N#Cc1cc(-c2ccc(-c3ccccc3)nc2)ccc1-c1cccc2c1sc1c(-c3ccccc3)cccc12. The molecule has 7 aromatic rings. The molecule has 0 radical (unpaired) electrons. The van der Waals surface area contributed by atoms with Crippen LogP contribution in [-0.2, 0) is 0 Å². The molecule has 2 nitrogen and oxygen atoms in total. The number of aromatic nitrogens is 1. The monoisotopic (exact) mass is 514 g/mol. The van der Waals surface area contributed by atoms with Gasteiger partial charge in [-0.05, 0) is 28.8 Å². The molecule has 39 heavy (non-hydrogen) atoms. The Morgan fingerprint density at radius 2 is 1.15 bits per heavy atom. The summed E-state index contributed by atoms with van der Waals surface area (Å²) in [6.45, 7) is 0. The largest absolute Gasteiger partial charge is 0.256 e. The van der Waals surface area contributed by atoms with Crippen molar-refractivity contribution in [3.05, 3.63) is 139 Å². The first-order valence-corrected chi connectivity index (χ1v) is 13.7. The summed E-state index contributed by atoms with van der Waals surface area (Å²) < 4.78 is 2.47. The molecule has 0 aliphatic rings. The van der Waals surface area contributed by atoms with Gasteiger partial charge in [-0.3, -0.25) is 4.98 Å². The van der Waals surface area contributed by atoms with Crippen LogP contribution < -0.4 is 0 Å². The number of fused-ring (bicyclic) bond motifs is 3. The normalized spacial score (nSPS) is 11.1. The molecule has 182 valence electrons. The first-order chi connectivity index (χ1) is 19.3. The third-order valence-corrected chi connectivity index (χ3v) is 8.49. The molecule has 0 saturated carbocycles. The van der Waals surface area contributed by atoms with Gasteiger partial charge in [-0.1, -0.05) is 115 Å². The lowest BCUT2D eigenvalue weighted by molar-refractivity contribution is 1.32. The molecule has 0 saturated heterocycles. The van der Waals surface area contributed by atoms with E-state index in [1.54, 1.807) is 11.3 Å². The molecule has 0 bridgehead atoms. The highest BCUT2D eigenvalue weighted by molar-refractivity contribution is 7.26. The Bertz CT molecular complexity index is 2000. The molecule has 0 aliphatic heterocycles. The van der Waals surface area contributed by atoms with Gasteiger partial charge in [-0.15, -0.1) is 11.3 Å². The van der Waals surface area contributed by atoms with E-state index in [9.17, 15) is 5.26 Å². The molecule has 7 rings (SSSR count). The zero-order chi connectivity index (χ0) is 26.2. The van der Waals surface area contributed by atoms with E-state index in [1.807, 2.05) is 42.6 Å². The van der Waals surface area contributed by atoms with Crippen molar-refractivity contribution in [3.8, 4) is 50.7 Å². The van der Waals surface area contributed by atoms with Crippen LogP contribution in [-0.4, -0.2) is 4.98 Å². The van der Waals surface area contributed by atoms with Crippen LogP contribution in [0.4, 0.5) is 0 Å². The van der Waals surface area contributed by atoms with Gasteiger partial charge in [0.25, 0.3) is 0 Å². The molecule has 0 atom stereocenters. The highest BCUT2D eigenvalue weighted by Gasteiger charge is 2.16. The molecule has 0 N–H and O–H groups in total. The Morgan fingerprint density at radius 1 is 0.513 bits per heavy atom. The maximum absolute atomic E-state index is 10.2. The summed E-state index contributed by atoms with van der Waals surface area (Å²) >= 11 is 1.80. The van der Waals surface area contributed by atoms with Crippen molar-refractivity contribution in [1.82, 2.24) is 4.98 Å². The van der Waals surface area contributed by atoms with E-state index in [4.69, 9.17) is 0 Å². The molecular formula is C36H22N2S. The number of hydrogen-bond acceptors (Lipinski definition) is 3. The van der Waals surface area contributed by atoms with Crippen LogP contribution in [0.15, 0.2) is 134 Å². The Kier molecular flexibility index (Phi) is 5.74. The van der Waals surface area contributed by atoms with Crippen LogP contribution >= 0.6 is 11.3 Å². The first kappa shape index (κ1) is 23.1. The fourth-order valence-corrected chi connectivity index (χ4v) is 6.64. The lowest BCUT2D eigenvalue weighted by Crippen LogP contribution is -1.89. The molecule has 0 spiro atoms. The zero-order valence-corrected chi connectivity index (χ0v) is 21.8. The van der Waals surface area contributed by atoms with Crippen molar-refractivity contribution in [2.45, 2.75) is 0 Å². The molecule has 2 heterocycles. The van der Waals surface area contributed by atoms with Crippen molar-refractivity contribution >= 4 is 31.5 Å². The van der Waals surface area contributed by atoms with Gasteiger partial charge >= 0.3 is 0 Å². The quantitative estimate of drug-likeness (QED) is 0.234. The molecule has 0 fully saturated rings. The zero-order valence-electron chi connectivity index (χ0n) is 21.0. The van der Waals surface area contributed by atoms with Crippen LogP contribution in [0, 0.1) is 11.3 Å². The Balaban J connectivity index is 1.33. The summed E-state index contributed by atoms with van der Waals surface area (Å²) in [6, 6.07) is 46.4. The molecule has 2 aromatic heterocycles. The van der Waals surface area contributed by atoms with E-state index in [-0.39, 0.29) is 0 Å². The molecule has 0 unspecified atom stereocenters. The van der Waals surface area contributed by atoms with E-state index < -0.39 is 0 Å². The van der Waals surface area contributed by atoms with Crippen LogP contribution in [0.3, 0.4) is 0 Å². The Morgan fingerprint density at radius 3 is 1.82 bits per heavy atom. The van der Waals surface area contributed by atoms with Gasteiger partial charge in [-0.25, -0.2) is 0 Å². The number of nitrogens with zero attached hydrogens (tertiary/aromatic N) is 2. The van der Waals surface area contributed by atoms with E-state index in [0.29, 0.717) is 5.56 Å². The molecule has 0 aliphatic carbocycles. The van der Waals surface area contributed by atoms with E-state index in [0.717, 1.165) is 33.5 Å². The maximum atomic E-state index is 10.2. The summed E-state index contributed by atoms with van der Waals surface area (Å²) in [5, 5.41) is 12.7. The fourth-order valence-electron chi connectivity index (χ4n) is 5.27. The van der Waals surface area contributed by atoms with Gasteiger partial charge in [0.1, 0.15) is 0 Å². The summed E-state index contributed by atoms with van der Waals surface area (Å²) in [7, 11) is 0. The lowest BCUT2D eigenvalue weighted by atomic mass is 9.94. The third-order valence-electron chi connectivity index (χ3n) is 7.21. The number of rotatable bonds is 4. The highest BCUT2D eigenvalue weighted by Crippen LogP contribution is 2.44. The highest BCUT2D eigenvalue weighted by atomic mass is 32.1. The van der Waals surface area contributed by atoms with Crippen LogP contribution in [0.2, 0.25) is 0 Å². The second-order valence-corrected chi connectivity index (χ2v) is 10.5. The minimum Gasteiger partial charge on any atom is -0.256 e. The van der Waals surface area contributed by atoms with Crippen molar-refractivity contribution in [2.75, 3.05) is 0 Å². The van der Waals surface area contributed by atoms with Crippen LogP contribution in [0.1, 0.15) is 5.56 Å². The smallest absolute Gasteiger partial charge is 0.0998 e. The second-order valence-electron chi connectivity index (χ2n) is 9.50. The minimum absolute atomic E-state index is 0.660. The molecule has 5 aromatic carbocycles. The number of thiophene rings is 1. The van der Waals surface area contributed by atoms with Gasteiger partial charge in [-0.2, -0.15) is 5.26 Å². The number of nitriles is 1. The fraction of sp³-hybridized carbons (Fsp3) is 0. The standard InChI is InChI=1S/C36H22N2S/c37-22-28-21-26(27-18-20-34(38-23-27)25-11-5-2-6-12-25)17-19-29(28)31-14-8-16-33-32-15-7-13-30(35(32)39-36(31)33)24-9-3-1-4-10-24/h1-21,23H. The van der Waals surface area contributed by atoms with Gasteiger partial charge in [0, 0.05) is 48.6 Å². The summed E-state index contributed by atoms with van der Waals surface area (Å²) in [5.74, 6) is 0. The number of benzene rings is 5. The lowest BCUT2D eigenvalue weighted by Gasteiger charge is -2.09. The van der Waals surface area contributed by atoms with Gasteiger partial charge in [0.05, 0.1) is 17.3 Å². The minimum atomic E-state index is 0.660. The van der Waals surface area contributed by atoms with Crippen molar-refractivity contribution in [2.24, 2.45) is 0 Å². The van der Waals surface area contributed by atoms with E-state index >= 15 is 0 Å². The summed E-state index contributed by atoms with van der Waals surface area (Å²) in [6.07, 6.45) is 1.89. The first-order valence-electron chi connectivity index (χ1n) is 12.9.